The van der Waals surface area contributed by atoms with Gasteiger partial charge in [0.25, 0.3) is 0 Å². The van der Waals surface area contributed by atoms with Crippen LogP contribution in [0.1, 0.15) is 52.4 Å². The second-order valence-electron chi connectivity index (χ2n) is 3.61. The van der Waals surface area contributed by atoms with Crippen molar-refractivity contribution in [3.63, 3.8) is 0 Å². The fourth-order valence-electron chi connectivity index (χ4n) is 1.27. The molecule has 0 atom stereocenters. The van der Waals surface area contributed by atoms with E-state index in [9.17, 15) is 4.79 Å². The van der Waals surface area contributed by atoms with Gasteiger partial charge in [-0.3, -0.25) is 4.79 Å². The number of carbonyl (C=O) groups is 1. The summed E-state index contributed by atoms with van der Waals surface area (Å²) in [5.41, 5.74) is 0. The first kappa shape index (κ1) is 13.2. The minimum Gasteiger partial charge on any atom is -0.353 e. The Morgan fingerprint density at radius 3 is 2.50 bits per heavy atom. The third kappa shape index (κ3) is 11.2. The summed E-state index contributed by atoms with van der Waals surface area (Å²) in [6.45, 7) is 4.44. The summed E-state index contributed by atoms with van der Waals surface area (Å²) in [5, 5.41) is 2.73. The summed E-state index contributed by atoms with van der Waals surface area (Å²) in [7, 11) is 0. The van der Waals surface area contributed by atoms with Crippen LogP contribution in [0.15, 0.2) is 12.2 Å². The summed E-state index contributed by atoms with van der Waals surface area (Å²) >= 11 is 0. The molecule has 0 bridgehead atoms. The minimum atomic E-state index is 0.0394. The van der Waals surface area contributed by atoms with Gasteiger partial charge in [0.05, 0.1) is 0 Å². The van der Waals surface area contributed by atoms with E-state index in [1.807, 2.05) is 6.08 Å². The van der Waals surface area contributed by atoms with Crippen LogP contribution in [-0.2, 0) is 4.79 Å². The Balaban J connectivity index is 3.07. The van der Waals surface area contributed by atoms with E-state index in [2.05, 4.69) is 18.3 Å². The topological polar surface area (TPSA) is 29.1 Å². The largest absolute Gasteiger partial charge is 0.353 e. The second-order valence-corrected chi connectivity index (χ2v) is 3.61. The van der Waals surface area contributed by atoms with Crippen LogP contribution in [0.3, 0.4) is 0 Å². The van der Waals surface area contributed by atoms with Crippen LogP contribution in [0.25, 0.3) is 0 Å². The maximum Gasteiger partial charge on any atom is 0.217 e. The van der Waals surface area contributed by atoms with E-state index in [0.29, 0.717) is 6.54 Å². The summed E-state index contributed by atoms with van der Waals surface area (Å²) in [4.78, 5) is 10.5. The van der Waals surface area contributed by atoms with Crippen molar-refractivity contribution < 1.29 is 4.79 Å². The van der Waals surface area contributed by atoms with Gasteiger partial charge in [0.2, 0.25) is 5.91 Å². The van der Waals surface area contributed by atoms with Crippen LogP contribution in [0.2, 0.25) is 0 Å². The van der Waals surface area contributed by atoms with Gasteiger partial charge in [-0.25, -0.2) is 0 Å². The number of nitrogens with one attached hydrogen (secondary N) is 1. The molecule has 0 fully saturated rings. The summed E-state index contributed by atoms with van der Waals surface area (Å²) in [6, 6.07) is 0. The predicted molar refractivity (Wildman–Crippen MR) is 61.2 cm³/mol. The van der Waals surface area contributed by atoms with Crippen LogP contribution in [0.5, 0.6) is 0 Å². The molecular weight excluding hydrogens is 174 g/mol. The number of unbranched alkanes of at least 4 members (excludes halogenated alkanes) is 5. The second kappa shape index (κ2) is 10.3. The molecule has 0 aromatic heterocycles. The number of allylic oxidation sites excluding steroid dienone is 1. The predicted octanol–water partition coefficient (Wildman–Crippen LogP) is 3.04. The standard InChI is InChI=1S/C12H23NO/c1-3-4-5-6-7-8-9-10-11-13-12(2)14/h9-10H,3-8,11H2,1-2H3,(H,13,14). The molecule has 0 aliphatic heterocycles. The van der Waals surface area contributed by atoms with E-state index in [4.69, 9.17) is 0 Å². The lowest BCUT2D eigenvalue weighted by Crippen LogP contribution is -2.19. The van der Waals surface area contributed by atoms with Gasteiger partial charge in [0, 0.05) is 13.5 Å². The van der Waals surface area contributed by atoms with Crippen LogP contribution < -0.4 is 5.32 Å². The molecule has 0 saturated carbocycles. The fraction of sp³-hybridized carbons (Fsp3) is 0.750. The molecule has 14 heavy (non-hydrogen) atoms. The zero-order valence-corrected chi connectivity index (χ0v) is 9.51. The molecule has 1 amide bonds. The highest BCUT2D eigenvalue weighted by molar-refractivity contribution is 5.72. The van der Waals surface area contributed by atoms with Crippen molar-refractivity contribution in [1.82, 2.24) is 5.32 Å². The van der Waals surface area contributed by atoms with Gasteiger partial charge < -0.3 is 5.32 Å². The zero-order chi connectivity index (χ0) is 10.6. The van der Waals surface area contributed by atoms with Crippen molar-refractivity contribution in [2.75, 3.05) is 6.54 Å². The van der Waals surface area contributed by atoms with Gasteiger partial charge in [0.1, 0.15) is 0 Å². The molecular formula is C12H23NO. The molecule has 2 nitrogen and oxygen atoms in total. The normalized spacial score (nSPS) is 10.7. The highest BCUT2D eigenvalue weighted by Crippen LogP contribution is 2.04. The molecule has 82 valence electrons. The van der Waals surface area contributed by atoms with Gasteiger partial charge in [-0.1, -0.05) is 44.8 Å². The Morgan fingerprint density at radius 1 is 1.14 bits per heavy atom. The van der Waals surface area contributed by atoms with E-state index in [1.165, 1.54) is 32.1 Å². The summed E-state index contributed by atoms with van der Waals surface area (Å²) in [6.07, 6.45) is 11.9. The molecule has 2 heteroatoms. The van der Waals surface area contributed by atoms with Crippen LogP contribution >= 0.6 is 0 Å². The van der Waals surface area contributed by atoms with E-state index < -0.39 is 0 Å². The molecule has 0 aliphatic carbocycles. The molecule has 0 heterocycles. The molecule has 0 aromatic carbocycles. The molecule has 1 N–H and O–H groups in total. The monoisotopic (exact) mass is 197 g/mol. The number of rotatable bonds is 8. The Morgan fingerprint density at radius 2 is 1.86 bits per heavy atom. The van der Waals surface area contributed by atoms with E-state index in [1.54, 1.807) is 6.92 Å². The van der Waals surface area contributed by atoms with Crippen molar-refractivity contribution in [2.45, 2.75) is 52.4 Å². The lowest BCUT2D eigenvalue weighted by Gasteiger charge is -1.97. The highest BCUT2D eigenvalue weighted by Gasteiger charge is 1.87. The first-order valence-corrected chi connectivity index (χ1v) is 5.66. The number of amides is 1. The first-order valence-electron chi connectivity index (χ1n) is 5.66. The fourth-order valence-corrected chi connectivity index (χ4v) is 1.27. The minimum absolute atomic E-state index is 0.0394. The van der Waals surface area contributed by atoms with Crippen LogP contribution in [0.4, 0.5) is 0 Å². The van der Waals surface area contributed by atoms with E-state index in [0.717, 1.165) is 6.42 Å². The van der Waals surface area contributed by atoms with Crippen molar-refractivity contribution in [3.8, 4) is 0 Å². The zero-order valence-electron chi connectivity index (χ0n) is 9.51. The molecule has 0 aromatic rings. The SMILES string of the molecule is CCCCCCCC=CCNC(C)=O. The van der Waals surface area contributed by atoms with Crippen molar-refractivity contribution in [3.05, 3.63) is 12.2 Å². The van der Waals surface area contributed by atoms with Gasteiger partial charge in [-0.05, 0) is 12.8 Å². The summed E-state index contributed by atoms with van der Waals surface area (Å²) in [5.74, 6) is 0.0394. The summed E-state index contributed by atoms with van der Waals surface area (Å²) < 4.78 is 0. The van der Waals surface area contributed by atoms with Crippen LogP contribution in [-0.4, -0.2) is 12.5 Å². The van der Waals surface area contributed by atoms with Gasteiger partial charge in [0.15, 0.2) is 0 Å². The Labute approximate surface area is 87.8 Å². The molecule has 0 radical (unpaired) electrons. The van der Waals surface area contributed by atoms with E-state index >= 15 is 0 Å². The third-order valence-electron chi connectivity index (χ3n) is 2.11. The maximum absolute atomic E-state index is 10.5. The molecule has 0 rings (SSSR count). The molecule has 0 unspecified atom stereocenters. The quantitative estimate of drug-likeness (QED) is 0.470. The Bertz CT molecular complexity index is 164. The number of carbonyl (C=O) groups excluding carboxylic acids is 1. The van der Waals surface area contributed by atoms with Crippen molar-refractivity contribution in [2.24, 2.45) is 0 Å². The van der Waals surface area contributed by atoms with Crippen molar-refractivity contribution >= 4 is 5.91 Å². The lowest BCUT2D eigenvalue weighted by molar-refractivity contribution is -0.118. The Hall–Kier alpha value is -0.790. The molecule has 0 spiro atoms. The molecule has 0 saturated heterocycles. The van der Waals surface area contributed by atoms with Gasteiger partial charge in [-0.15, -0.1) is 0 Å². The van der Waals surface area contributed by atoms with Crippen molar-refractivity contribution in [1.29, 1.82) is 0 Å². The molecule has 0 aliphatic rings. The third-order valence-corrected chi connectivity index (χ3v) is 2.11. The Kier molecular flexibility index (Phi) is 9.71. The number of hydrogen-bond acceptors (Lipinski definition) is 1. The lowest BCUT2D eigenvalue weighted by atomic mass is 10.1. The maximum atomic E-state index is 10.5. The average Bonchev–Trinajstić information content (AvgIpc) is 2.15. The van der Waals surface area contributed by atoms with Crippen LogP contribution in [0, 0.1) is 0 Å². The van der Waals surface area contributed by atoms with E-state index in [-0.39, 0.29) is 5.91 Å². The first-order chi connectivity index (χ1) is 6.77. The average molecular weight is 197 g/mol. The number of hydrogen-bond donors (Lipinski definition) is 1. The highest BCUT2D eigenvalue weighted by atomic mass is 16.1. The van der Waals surface area contributed by atoms with Gasteiger partial charge >= 0.3 is 0 Å². The van der Waals surface area contributed by atoms with Gasteiger partial charge in [-0.2, -0.15) is 0 Å². The smallest absolute Gasteiger partial charge is 0.217 e.